The lowest BCUT2D eigenvalue weighted by Crippen LogP contribution is -2.27. The van der Waals surface area contributed by atoms with E-state index in [2.05, 4.69) is 0 Å². The Morgan fingerprint density at radius 1 is 1.12 bits per heavy atom. The molecule has 1 amide bonds. The van der Waals surface area contributed by atoms with E-state index in [9.17, 15) is 14.4 Å². The molecule has 0 spiro atoms. The Morgan fingerprint density at radius 2 is 1.92 bits per heavy atom. The van der Waals surface area contributed by atoms with Crippen LogP contribution < -0.4 is 10.6 Å². The van der Waals surface area contributed by atoms with Gasteiger partial charge in [-0.1, -0.05) is 12.1 Å². The summed E-state index contributed by atoms with van der Waals surface area (Å²) in [7, 11) is 0. The number of nitrogens with zero attached hydrogens (tertiary/aromatic N) is 2. The highest BCUT2D eigenvalue weighted by Gasteiger charge is 2.26. The monoisotopic (exact) mass is 321 g/mol. The van der Waals surface area contributed by atoms with E-state index in [-0.39, 0.29) is 22.7 Å². The average Bonchev–Trinajstić information content (AvgIpc) is 3.12. The molecule has 5 nitrogen and oxygen atoms in total. The maximum absolute atomic E-state index is 14.3. The molecule has 3 aromatic rings. The van der Waals surface area contributed by atoms with Crippen LogP contribution in [0.4, 0.5) is 21.5 Å². The summed E-state index contributed by atoms with van der Waals surface area (Å²) >= 11 is 0. The minimum Gasteiger partial charge on any atom is -0.459 e. The lowest BCUT2D eigenvalue weighted by molar-refractivity contribution is 0.0972. The number of benzene rings is 2. The first kappa shape index (κ1) is 15.3. The number of anilines is 3. The third-order valence-electron chi connectivity index (χ3n) is 3.41. The Balaban J connectivity index is 2.22. The van der Waals surface area contributed by atoms with Gasteiger partial charge in [0.2, 0.25) is 0 Å². The zero-order valence-corrected chi connectivity index (χ0v) is 12.4. The lowest BCUT2D eigenvalue weighted by atomic mass is 10.1. The number of nitrogens with two attached hydrogens (primary N) is 1. The minimum atomic E-state index is -0.599. The van der Waals surface area contributed by atoms with Crippen molar-refractivity contribution in [1.82, 2.24) is 0 Å². The fourth-order valence-corrected chi connectivity index (χ4v) is 2.33. The van der Waals surface area contributed by atoms with Gasteiger partial charge in [-0.3, -0.25) is 9.69 Å². The molecule has 1 aromatic heterocycles. The van der Waals surface area contributed by atoms with E-state index >= 15 is 0 Å². The van der Waals surface area contributed by atoms with Gasteiger partial charge in [-0.25, -0.2) is 4.39 Å². The molecule has 2 aromatic carbocycles. The van der Waals surface area contributed by atoms with Crippen LogP contribution in [-0.2, 0) is 0 Å². The SMILES string of the molecule is N#Cc1cc(N)ccc1N(C(=O)c1ccco1)c1ccccc1F. The molecule has 0 saturated heterocycles. The molecule has 118 valence electrons. The Kier molecular flexibility index (Phi) is 4.00. The van der Waals surface area contributed by atoms with Crippen molar-refractivity contribution in [3.8, 4) is 6.07 Å². The fraction of sp³-hybridized carbons (Fsp3) is 0. The number of halogens is 1. The highest BCUT2D eigenvalue weighted by atomic mass is 19.1. The standard InChI is InChI=1S/C18H12FN3O2/c19-14-4-1-2-5-16(14)22(18(23)17-6-3-9-24-17)15-8-7-13(21)10-12(15)11-20/h1-10H,21H2. The second-order valence-corrected chi connectivity index (χ2v) is 4.96. The molecule has 0 bridgehead atoms. The number of rotatable bonds is 3. The minimum absolute atomic E-state index is 0.0140. The smallest absolute Gasteiger partial charge is 0.298 e. The number of nitriles is 1. The maximum atomic E-state index is 14.3. The molecule has 0 atom stereocenters. The van der Waals surface area contributed by atoms with E-state index in [1.165, 1.54) is 42.7 Å². The average molecular weight is 321 g/mol. The molecule has 1 heterocycles. The van der Waals surface area contributed by atoms with Crippen LogP contribution in [0.25, 0.3) is 0 Å². The van der Waals surface area contributed by atoms with Crippen LogP contribution in [-0.4, -0.2) is 5.91 Å². The summed E-state index contributed by atoms with van der Waals surface area (Å²) in [5, 5.41) is 9.36. The van der Waals surface area contributed by atoms with Gasteiger partial charge < -0.3 is 10.2 Å². The quantitative estimate of drug-likeness (QED) is 0.743. The van der Waals surface area contributed by atoms with Crippen LogP contribution in [0.1, 0.15) is 16.1 Å². The topological polar surface area (TPSA) is 83.3 Å². The summed E-state index contributed by atoms with van der Waals surface area (Å²) in [4.78, 5) is 13.9. The van der Waals surface area contributed by atoms with Crippen molar-refractivity contribution in [3.05, 3.63) is 78.0 Å². The Bertz CT molecular complexity index is 930. The number of hydrogen-bond donors (Lipinski definition) is 1. The molecule has 0 aliphatic rings. The van der Waals surface area contributed by atoms with Crippen LogP contribution in [0.2, 0.25) is 0 Å². The van der Waals surface area contributed by atoms with Gasteiger partial charge in [0, 0.05) is 5.69 Å². The second-order valence-electron chi connectivity index (χ2n) is 4.96. The number of hydrogen-bond acceptors (Lipinski definition) is 4. The van der Waals surface area contributed by atoms with Crippen LogP contribution >= 0.6 is 0 Å². The van der Waals surface area contributed by atoms with Gasteiger partial charge >= 0.3 is 0 Å². The maximum Gasteiger partial charge on any atom is 0.298 e. The first-order chi connectivity index (χ1) is 11.6. The van der Waals surface area contributed by atoms with Crippen molar-refractivity contribution in [1.29, 1.82) is 5.26 Å². The van der Waals surface area contributed by atoms with E-state index in [0.29, 0.717) is 5.69 Å². The fourth-order valence-electron chi connectivity index (χ4n) is 2.33. The molecule has 6 heteroatoms. The van der Waals surface area contributed by atoms with Gasteiger partial charge in [-0.15, -0.1) is 0 Å². The molecule has 0 unspecified atom stereocenters. The third-order valence-corrected chi connectivity index (χ3v) is 3.41. The van der Waals surface area contributed by atoms with Gasteiger partial charge in [0.15, 0.2) is 5.76 Å². The third kappa shape index (κ3) is 2.71. The predicted molar refractivity (Wildman–Crippen MR) is 87.1 cm³/mol. The van der Waals surface area contributed by atoms with Gasteiger partial charge in [0.1, 0.15) is 11.9 Å². The lowest BCUT2D eigenvalue weighted by Gasteiger charge is -2.23. The number of para-hydroxylation sites is 1. The normalized spacial score (nSPS) is 10.2. The summed E-state index contributed by atoms with van der Waals surface area (Å²) < 4.78 is 19.4. The summed E-state index contributed by atoms with van der Waals surface area (Å²) in [5.74, 6) is -1.16. The highest BCUT2D eigenvalue weighted by molar-refractivity contribution is 6.10. The van der Waals surface area contributed by atoms with E-state index in [1.54, 1.807) is 18.2 Å². The summed E-state index contributed by atoms with van der Waals surface area (Å²) in [6.07, 6.45) is 1.35. The van der Waals surface area contributed by atoms with E-state index in [1.807, 2.05) is 6.07 Å². The molecular weight excluding hydrogens is 309 g/mol. The van der Waals surface area contributed by atoms with Crippen molar-refractivity contribution in [2.24, 2.45) is 0 Å². The van der Waals surface area contributed by atoms with Crippen molar-refractivity contribution in [3.63, 3.8) is 0 Å². The number of carbonyl (C=O) groups is 1. The Labute approximate surface area is 137 Å². The van der Waals surface area contributed by atoms with Crippen LogP contribution in [0, 0.1) is 17.1 Å². The number of nitrogen functional groups attached to an aromatic ring is 1. The second kappa shape index (κ2) is 6.26. The predicted octanol–water partition coefficient (Wildman–Crippen LogP) is 3.85. The van der Waals surface area contributed by atoms with Gasteiger partial charge in [0.05, 0.1) is 23.2 Å². The highest BCUT2D eigenvalue weighted by Crippen LogP contribution is 2.33. The van der Waals surface area contributed by atoms with Crippen molar-refractivity contribution < 1.29 is 13.6 Å². The first-order valence-corrected chi connectivity index (χ1v) is 7.04. The molecule has 0 fully saturated rings. The first-order valence-electron chi connectivity index (χ1n) is 7.04. The number of amides is 1. The largest absolute Gasteiger partial charge is 0.459 e. The van der Waals surface area contributed by atoms with Gasteiger partial charge in [-0.2, -0.15) is 5.26 Å². The molecule has 2 N–H and O–H groups in total. The summed E-state index contributed by atoms with van der Waals surface area (Å²) in [5.41, 5.74) is 6.45. The molecule has 0 saturated carbocycles. The Morgan fingerprint density at radius 3 is 2.58 bits per heavy atom. The van der Waals surface area contributed by atoms with Crippen molar-refractivity contribution in [2.45, 2.75) is 0 Å². The zero-order chi connectivity index (χ0) is 17.1. The van der Waals surface area contributed by atoms with Gasteiger partial charge in [0.25, 0.3) is 5.91 Å². The van der Waals surface area contributed by atoms with Crippen LogP contribution in [0.3, 0.4) is 0 Å². The molecule has 3 rings (SSSR count). The summed E-state index contributed by atoms with van der Waals surface area (Å²) in [6, 6.07) is 15.3. The van der Waals surface area contributed by atoms with Crippen LogP contribution in [0.15, 0.2) is 65.3 Å². The number of carbonyl (C=O) groups excluding carboxylic acids is 1. The van der Waals surface area contributed by atoms with Crippen LogP contribution in [0.5, 0.6) is 0 Å². The molecule has 0 radical (unpaired) electrons. The van der Waals surface area contributed by atoms with Gasteiger partial charge in [-0.05, 0) is 42.5 Å². The molecule has 0 aliphatic carbocycles. The zero-order valence-electron chi connectivity index (χ0n) is 12.4. The van der Waals surface area contributed by atoms with E-state index < -0.39 is 11.7 Å². The molecule has 24 heavy (non-hydrogen) atoms. The summed E-state index contributed by atoms with van der Waals surface area (Å²) in [6.45, 7) is 0. The van der Waals surface area contributed by atoms with E-state index in [0.717, 1.165) is 4.90 Å². The van der Waals surface area contributed by atoms with Crippen molar-refractivity contribution in [2.75, 3.05) is 10.6 Å². The van der Waals surface area contributed by atoms with E-state index in [4.69, 9.17) is 10.2 Å². The molecule has 0 aliphatic heterocycles. The van der Waals surface area contributed by atoms with Crippen molar-refractivity contribution >= 4 is 23.0 Å². The number of furan rings is 1. The Hall–Kier alpha value is -3.59. The molecular formula is C18H12FN3O2.